The smallest absolute Gasteiger partial charge is 0.147 e. The molecule has 2 N–H and O–H groups in total. The van der Waals surface area contributed by atoms with E-state index in [1.54, 1.807) is 12.4 Å². The Kier molecular flexibility index (Phi) is 4.52. The Morgan fingerprint density at radius 3 is 2.79 bits per heavy atom. The van der Waals surface area contributed by atoms with Gasteiger partial charge in [0.1, 0.15) is 11.6 Å². The molecule has 78 valence electrons. The van der Waals surface area contributed by atoms with Gasteiger partial charge in [0, 0.05) is 18.8 Å². The number of rotatable bonds is 5. The zero-order chi connectivity index (χ0) is 10.4. The van der Waals surface area contributed by atoms with Crippen molar-refractivity contribution in [1.82, 2.24) is 9.97 Å². The topological polar surface area (TPSA) is 49.8 Å². The molecule has 1 unspecified atom stereocenters. The van der Waals surface area contributed by atoms with Crippen LogP contribution in [-0.2, 0) is 0 Å². The fraction of sp³-hybridized carbons (Fsp3) is 0.556. The van der Waals surface area contributed by atoms with Gasteiger partial charge in [-0.3, -0.25) is 4.98 Å². The molecule has 0 aromatic carbocycles. The van der Waals surface area contributed by atoms with Crippen LogP contribution in [0.15, 0.2) is 12.4 Å². The SMILES string of the molecule is CNc1cncc(NC(C)CSC)n1. The van der Waals surface area contributed by atoms with Crippen LogP contribution < -0.4 is 10.6 Å². The third-order valence-electron chi connectivity index (χ3n) is 1.70. The van der Waals surface area contributed by atoms with Crippen LogP contribution in [0.1, 0.15) is 6.92 Å². The standard InChI is InChI=1S/C9H16N4S/c1-7(6-14-3)12-9-5-11-4-8(10-2)13-9/h4-5,7H,6H2,1-3H3,(H2,10,12,13). The lowest BCUT2D eigenvalue weighted by atomic mass is 10.4. The first-order chi connectivity index (χ1) is 6.76. The lowest BCUT2D eigenvalue weighted by molar-refractivity contribution is 0.900. The van der Waals surface area contributed by atoms with Crippen molar-refractivity contribution >= 4 is 23.4 Å². The summed E-state index contributed by atoms with van der Waals surface area (Å²) < 4.78 is 0. The number of hydrogen-bond acceptors (Lipinski definition) is 5. The number of hydrogen-bond donors (Lipinski definition) is 2. The van der Waals surface area contributed by atoms with Crippen LogP contribution in [0.4, 0.5) is 11.6 Å². The first kappa shape index (κ1) is 11.1. The molecule has 0 aliphatic rings. The van der Waals surface area contributed by atoms with E-state index in [0.29, 0.717) is 6.04 Å². The summed E-state index contributed by atoms with van der Waals surface area (Å²) in [5.41, 5.74) is 0. The van der Waals surface area contributed by atoms with Gasteiger partial charge < -0.3 is 10.6 Å². The van der Waals surface area contributed by atoms with Crippen LogP contribution in [0, 0.1) is 0 Å². The summed E-state index contributed by atoms with van der Waals surface area (Å²) in [6.45, 7) is 2.13. The first-order valence-electron chi connectivity index (χ1n) is 4.51. The second-order valence-corrected chi connectivity index (χ2v) is 3.95. The average molecular weight is 212 g/mol. The van der Waals surface area contributed by atoms with Crippen LogP contribution in [0.2, 0.25) is 0 Å². The highest BCUT2D eigenvalue weighted by molar-refractivity contribution is 7.98. The Hall–Kier alpha value is -0.970. The van der Waals surface area contributed by atoms with Crippen LogP contribution in [-0.4, -0.2) is 35.1 Å². The lowest BCUT2D eigenvalue weighted by Gasteiger charge is -2.12. The van der Waals surface area contributed by atoms with E-state index in [1.165, 1.54) is 0 Å². The van der Waals surface area contributed by atoms with Gasteiger partial charge in [0.05, 0.1) is 12.4 Å². The molecular weight excluding hydrogens is 196 g/mol. The van der Waals surface area contributed by atoms with Crippen molar-refractivity contribution in [2.45, 2.75) is 13.0 Å². The minimum absolute atomic E-state index is 0.409. The highest BCUT2D eigenvalue weighted by Crippen LogP contribution is 2.08. The molecule has 1 atom stereocenters. The van der Waals surface area contributed by atoms with Crippen molar-refractivity contribution in [2.75, 3.05) is 29.7 Å². The van der Waals surface area contributed by atoms with E-state index in [1.807, 2.05) is 18.8 Å². The van der Waals surface area contributed by atoms with Gasteiger partial charge in [0.15, 0.2) is 0 Å². The largest absolute Gasteiger partial charge is 0.372 e. The van der Waals surface area contributed by atoms with Crippen LogP contribution in [0.25, 0.3) is 0 Å². The van der Waals surface area contributed by atoms with Gasteiger partial charge in [-0.25, -0.2) is 4.98 Å². The van der Waals surface area contributed by atoms with Gasteiger partial charge in [-0.05, 0) is 13.2 Å². The molecule has 1 aromatic rings. The number of nitrogens with one attached hydrogen (secondary N) is 2. The van der Waals surface area contributed by atoms with Crippen LogP contribution in [0.5, 0.6) is 0 Å². The number of aromatic nitrogens is 2. The molecular formula is C9H16N4S. The fourth-order valence-electron chi connectivity index (χ4n) is 1.10. The summed E-state index contributed by atoms with van der Waals surface area (Å²) in [5.74, 6) is 2.66. The Morgan fingerprint density at radius 2 is 2.14 bits per heavy atom. The molecule has 0 fully saturated rings. The van der Waals surface area contributed by atoms with E-state index in [9.17, 15) is 0 Å². The highest BCUT2D eigenvalue weighted by atomic mass is 32.2. The molecule has 1 heterocycles. The van der Waals surface area contributed by atoms with Gasteiger partial charge in [-0.2, -0.15) is 11.8 Å². The van der Waals surface area contributed by atoms with Crippen LogP contribution in [0.3, 0.4) is 0 Å². The van der Waals surface area contributed by atoms with E-state index < -0.39 is 0 Å². The molecule has 1 aromatic heterocycles. The van der Waals surface area contributed by atoms with E-state index in [4.69, 9.17) is 0 Å². The molecule has 14 heavy (non-hydrogen) atoms. The van der Waals surface area contributed by atoms with Crippen LogP contribution >= 0.6 is 11.8 Å². The maximum absolute atomic E-state index is 4.32. The van der Waals surface area contributed by atoms with Gasteiger partial charge >= 0.3 is 0 Å². The third-order valence-corrected chi connectivity index (χ3v) is 2.53. The highest BCUT2D eigenvalue weighted by Gasteiger charge is 2.02. The summed E-state index contributed by atoms with van der Waals surface area (Å²) >= 11 is 1.81. The first-order valence-corrected chi connectivity index (χ1v) is 5.91. The lowest BCUT2D eigenvalue weighted by Crippen LogP contribution is -2.18. The molecule has 5 heteroatoms. The third kappa shape index (κ3) is 3.41. The minimum atomic E-state index is 0.409. The van der Waals surface area contributed by atoms with Crippen molar-refractivity contribution < 1.29 is 0 Å². The zero-order valence-corrected chi connectivity index (χ0v) is 9.56. The molecule has 0 spiro atoms. The molecule has 4 nitrogen and oxygen atoms in total. The van der Waals surface area contributed by atoms with Crippen molar-refractivity contribution in [3.05, 3.63) is 12.4 Å². The molecule has 0 aliphatic heterocycles. The van der Waals surface area contributed by atoms with Gasteiger partial charge in [0.25, 0.3) is 0 Å². The number of anilines is 2. The van der Waals surface area contributed by atoms with E-state index >= 15 is 0 Å². The molecule has 0 saturated heterocycles. The summed E-state index contributed by atoms with van der Waals surface area (Å²) in [6, 6.07) is 0.409. The summed E-state index contributed by atoms with van der Waals surface area (Å²) in [5, 5.41) is 6.24. The normalized spacial score (nSPS) is 12.2. The molecule has 0 saturated carbocycles. The van der Waals surface area contributed by atoms with E-state index in [0.717, 1.165) is 17.4 Å². The van der Waals surface area contributed by atoms with Gasteiger partial charge in [0.2, 0.25) is 0 Å². The van der Waals surface area contributed by atoms with E-state index in [2.05, 4.69) is 33.8 Å². The number of nitrogens with zero attached hydrogens (tertiary/aromatic N) is 2. The second kappa shape index (κ2) is 5.70. The molecule has 1 rings (SSSR count). The molecule has 0 aliphatic carbocycles. The van der Waals surface area contributed by atoms with Gasteiger partial charge in [-0.15, -0.1) is 0 Å². The average Bonchev–Trinajstić information content (AvgIpc) is 2.18. The molecule has 0 bridgehead atoms. The predicted molar refractivity (Wildman–Crippen MR) is 63.0 cm³/mol. The Bertz CT molecular complexity index is 279. The second-order valence-electron chi connectivity index (χ2n) is 3.04. The monoisotopic (exact) mass is 212 g/mol. The van der Waals surface area contributed by atoms with Crippen molar-refractivity contribution in [1.29, 1.82) is 0 Å². The molecule has 0 radical (unpaired) electrons. The quantitative estimate of drug-likeness (QED) is 0.777. The summed E-state index contributed by atoms with van der Waals surface area (Å²) in [6.07, 6.45) is 5.52. The Morgan fingerprint density at radius 1 is 1.43 bits per heavy atom. The zero-order valence-electron chi connectivity index (χ0n) is 8.74. The minimum Gasteiger partial charge on any atom is -0.372 e. The van der Waals surface area contributed by atoms with E-state index in [-0.39, 0.29) is 0 Å². The summed E-state index contributed by atoms with van der Waals surface area (Å²) in [7, 11) is 1.83. The predicted octanol–water partition coefficient (Wildman–Crippen LogP) is 1.68. The molecule has 0 amide bonds. The van der Waals surface area contributed by atoms with Crippen molar-refractivity contribution in [3.8, 4) is 0 Å². The van der Waals surface area contributed by atoms with Crippen molar-refractivity contribution in [3.63, 3.8) is 0 Å². The van der Waals surface area contributed by atoms with Crippen molar-refractivity contribution in [2.24, 2.45) is 0 Å². The fourth-order valence-corrected chi connectivity index (χ4v) is 1.68. The van der Waals surface area contributed by atoms with Gasteiger partial charge in [-0.1, -0.05) is 0 Å². The Balaban J connectivity index is 2.57. The number of thioether (sulfide) groups is 1. The maximum Gasteiger partial charge on any atom is 0.147 e. The summed E-state index contributed by atoms with van der Waals surface area (Å²) in [4.78, 5) is 8.39. The Labute approximate surface area is 88.9 Å². The maximum atomic E-state index is 4.32.